The molecular formula is C14H20N2O. The summed E-state index contributed by atoms with van der Waals surface area (Å²) in [7, 11) is 0. The molecule has 92 valence electrons. The van der Waals surface area contributed by atoms with Gasteiger partial charge in [-0.1, -0.05) is 43.5 Å². The van der Waals surface area contributed by atoms with Gasteiger partial charge in [-0.25, -0.2) is 0 Å². The smallest absolute Gasteiger partial charge is 0.0726 e. The van der Waals surface area contributed by atoms with Gasteiger partial charge in [0.2, 0.25) is 0 Å². The van der Waals surface area contributed by atoms with E-state index in [0.717, 1.165) is 11.1 Å². The average molecular weight is 232 g/mol. The summed E-state index contributed by atoms with van der Waals surface area (Å²) in [5.41, 5.74) is 2.21. The molecule has 0 amide bonds. The second-order valence-corrected chi connectivity index (χ2v) is 4.55. The van der Waals surface area contributed by atoms with Crippen LogP contribution in [0.2, 0.25) is 0 Å². The molecule has 0 radical (unpaired) electrons. The van der Waals surface area contributed by atoms with E-state index in [2.05, 4.69) is 11.2 Å². The molecule has 1 fully saturated rings. The Morgan fingerprint density at radius 3 is 2.76 bits per heavy atom. The quantitative estimate of drug-likeness (QED) is 0.493. The van der Waals surface area contributed by atoms with Crippen LogP contribution in [0.1, 0.15) is 43.2 Å². The van der Waals surface area contributed by atoms with Crippen molar-refractivity contribution in [1.29, 1.82) is 0 Å². The van der Waals surface area contributed by atoms with Gasteiger partial charge in [0.15, 0.2) is 0 Å². The van der Waals surface area contributed by atoms with Gasteiger partial charge in [0.05, 0.1) is 18.9 Å². The summed E-state index contributed by atoms with van der Waals surface area (Å²) in [6.45, 7) is 0.660. The molecule has 0 spiro atoms. The minimum absolute atomic E-state index is 0.437. The molecule has 0 unspecified atom stereocenters. The first-order valence-corrected chi connectivity index (χ1v) is 6.33. The van der Waals surface area contributed by atoms with Gasteiger partial charge in [-0.15, -0.1) is 0 Å². The highest BCUT2D eigenvalue weighted by Gasteiger charge is 2.13. The Morgan fingerprint density at radius 2 is 2.00 bits per heavy atom. The van der Waals surface area contributed by atoms with Crippen molar-refractivity contribution in [3.8, 4) is 0 Å². The van der Waals surface area contributed by atoms with E-state index in [-0.39, 0.29) is 0 Å². The molecule has 1 aliphatic rings. The van der Waals surface area contributed by atoms with Crippen LogP contribution in [0.15, 0.2) is 29.4 Å². The second kappa shape index (κ2) is 6.40. The zero-order chi connectivity index (χ0) is 11.9. The van der Waals surface area contributed by atoms with E-state index < -0.39 is 0 Å². The fourth-order valence-corrected chi connectivity index (χ4v) is 2.31. The fraction of sp³-hybridized carbons (Fsp3) is 0.500. The first kappa shape index (κ1) is 12.1. The number of rotatable bonds is 4. The first-order chi connectivity index (χ1) is 8.40. The zero-order valence-corrected chi connectivity index (χ0v) is 10.1. The van der Waals surface area contributed by atoms with Crippen LogP contribution in [0.4, 0.5) is 0 Å². The molecule has 0 aromatic heterocycles. The fourth-order valence-electron chi connectivity index (χ4n) is 2.31. The highest BCUT2D eigenvalue weighted by Crippen LogP contribution is 2.21. The largest absolute Gasteiger partial charge is 0.374 e. The number of benzene rings is 1. The normalized spacial score (nSPS) is 17.6. The monoisotopic (exact) mass is 232 g/mol. The van der Waals surface area contributed by atoms with Crippen molar-refractivity contribution in [2.24, 2.45) is 10.9 Å². The lowest BCUT2D eigenvalue weighted by molar-refractivity contribution is 0.0168. The third-order valence-electron chi connectivity index (χ3n) is 3.30. The summed E-state index contributed by atoms with van der Waals surface area (Å²) in [4.78, 5) is 0. The molecule has 3 heteroatoms. The number of nitrogens with two attached hydrogens (primary N) is 1. The van der Waals surface area contributed by atoms with Crippen molar-refractivity contribution < 1.29 is 4.74 Å². The summed E-state index contributed by atoms with van der Waals surface area (Å²) in [6.07, 6.45) is 8.48. The molecule has 0 heterocycles. The van der Waals surface area contributed by atoms with E-state index in [4.69, 9.17) is 10.6 Å². The Balaban J connectivity index is 1.93. The maximum absolute atomic E-state index is 5.95. The number of hydrazone groups is 1. The minimum Gasteiger partial charge on any atom is -0.374 e. The highest BCUT2D eigenvalue weighted by molar-refractivity contribution is 5.81. The molecule has 17 heavy (non-hydrogen) atoms. The third kappa shape index (κ3) is 3.56. The van der Waals surface area contributed by atoms with E-state index in [1.54, 1.807) is 6.21 Å². The second-order valence-electron chi connectivity index (χ2n) is 4.55. The van der Waals surface area contributed by atoms with Gasteiger partial charge in [-0.3, -0.25) is 0 Å². The SMILES string of the molecule is NN=Cc1ccccc1COC1CCCCC1. The summed E-state index contributed by atoms with van der Waals surface area (Å²) >= 11 is 0. The van der Waals surface area contributed by atoms with E-state index in [0.29, 0.717) is 12.7 Å². The van der Waals surface area contributed by atoms with Crippen molar-refractivity contribution in [2.45, 2.75) is 44.8 Å². The Hall–Kier alpha value is -1.35. The lowest BCUT2D eigenvalue weighted by Gasteiger charge is -2.22. The molecule has 0 atom stereocenters. The maximum Gasteiger partial charge on any atom is 0.0726 e. The van der Waals surface area contributed by atoms with Crippen LogP contribution in [-0.2, 0) is 11.3 Å². The first-order valence-electron chi connectivity index (χ1n) is 6.33. The summed E-state index contributed by atoms with van der Waals surface area (Å²) in [6, 6.07) is 8.09. The lowest BCUT2D eigenvalue weighted by atomic mass is 9.98. The van der Waals surface area contributed by atoms with Crippen molar-refractivity contribution in [3.63, 3.8) is 0 Å². The Bertz CT molecular complexity index is 370. The van der Waals surface area contributed by atoms with Gasteiger partial charge in [-0.2, -0.15) is 5.10 Å². The van der Waals surface area contributed by atoms with Gasteiger partial charge in [-0.05, 0) is 24.0 Å². The molecule has 1 aromatic carbocycles. The van der Waals surface area contributed by atoms with Gasteiger partial charge in [0.25, 0.3) is 0 Å². The van der Waals surface area contributed by atoms with Crippen LogP contribution >= 0.6 is 0 Å². The minimum atomic E-state index is 0.437. The predicted molar refractivity (Wildman–Crippen MR) is 69.9 cm³/mol. The molecule has 1 aromatic rings. The summed E-state index contributed by atoms with van der Waals surface area (Å²) < 4.78 is 5.95. The maximum atomic E-state index is 5.95. The van der Waals surface area contributed by atoms with Crippen molar-refractivity contribution in [3.05, 3.63) is 35.4 Å². The van der Waals surface area contributed by atoms with Crippen LogP contribution in [-0.4, -0.2) is 12.3 Å². The Kier molecular flexibility index (Phi) is 4.56. The van der Waals surface area contributed by atoms with Crippen LogP contribution in [0.5, 0.6) is 0 Å². The topological polar surface area (TPSA) is 47.6 Å². The molecule has 0 aliphatic heterocycles. The van der Waals surface area contributed by atoms with Crippen molar-refractivity contribution in [2.75, 3.05) is 0 Å². The molecule has 2 rings (SSSR count). The van der Waals surface area contributed by atoms with Crippen LogP contribution < -0.4 is 5.84 Å². The number of nitrogens with zero attached hydrogens (tertiary/aromatic N) is 1. The van der Waals surface area contributed by atoms with E-state index in [1.807, 2.05) is 18.2 Å². The summed E-state index contributed by atoms with van der Waals surface area (Å²) in [5.74, 6) is 5.20. The van der Waals surface area contributed by atoms with E-state index in [1.165, 1.54) is 32.1 Å². The molecule has 0 saturated heterocycles. The average Bonchev–Trinajstić information content (AvgIpc) is 2.39. The highest BCUT2D eigenvalue weighted by atomic mass is 16.5. The number of hydrogen-bond donors (Lipinski definition) is 1. The standard InChI is InChI=1S/C14H20N2O/c15-16-10-12-6-4-5-7-13(12)11-17-14-8-2-1-3-9-14/h4-7,10,14H,1-3,8-9,11,15H2. The molecular weight excluding hydrogens is 212 g/mol. The van der Waals surface area contributed by atoms with Crippen molar-refractivity contribution >= 4 is 6.21 Å². The lowest BCUT2D eigenvalue weighted by Crippen LogP contribution is -2.16. The van der Waals surface area contributed by atoms with Crippen LogP contribution in [0.25, 0.3) is 0 Å². The molecule has 1 saturated carbocycles. The molecule has 2 N–H and O–H groups in total. The Labute approximate surface area is 103 Å². The number of hydrogen-bond acceptors (Lipinski definition) is 3. The van der Waals surface area contributed by atoms with Gasteiger partial charge in [0, 0.05) is 0 Å². The van der Waals surface area contributed by atoms with Gasteiger partial charge in [0.1, 0.15) is 0 Å². The number of ether oxygens (including phenoxy) is 1. The Morgan fingerprint density at radius 1 is 1.24 bits per heavy atom. The molecule has 1 aliphatic carbocycles. The van der Waals surface area contributed by atoms with E-state index in [9.17, 15) is 0 Å². The predicted octanol–water partition coefficient (Wildman–Crippen LogP) is 2.83. The third-order valence-corrected chi connectivity index (χ3v) is 3.30. The van der Waals surface area contributed by atoms with E-state index >= 15 is 0 Å². The molecule has 3 nitrogen and oxygen atoms in total. The van der Waals surface area contributed by atoms with Gasteiger partial charge < -0.3 is 10.6 Å². The van der Waals surface area contributed by atoms with Crippen molar-refractivity contribution in [1.82, 2.24) is 0 Å². The zero-order valence-electron chi connectivity index (χ0n) is 10.1. The van der Waals surface area contributed by atoms with Crippen LogP contribution in [0, 0.1) is 0 Å². The molecule has 0 bridgehead atoms. The van der Waals surface area contributed by atoms with Crippen LogP contribution in [0.3, 0.4) is 0 Å². The summed E-state index contributed by atoms with van der Waals surface area (Å²) in [5, 5.41) is 3.58. The van der Waals surface area contributed by atoms with Gasteiger partial charge >= 0.3 is 0 Å².